The molecule has 2 N–H and O–H groups in total. The minimum absolute atomic E-state index is 0.112. The molecule has 0 radical (unpaired) electrons. The number of fused-ring (bicyclic) bond motifs is 2. The first-order chi connectivity index (χ1) is 22.0. The molecule has 0 aromatic heterocycles. The highest BCUT2D eigenvalue weighted by atomic mass is 16.8. The Labute approximate surface area is 262 Å². The van der Waals surface area contributed by atoms with Crippen molar-refractivity contribution in [1.82, 2.24) is 5.32 Å². The van der Waals surface area contributed by atoms with Crippen molar-refractivity contribution in [2.24, 2.45) is 5.92 Å². The van der Waals surface area contributed by atoms with Crippen molar-refractivity contribution in [1.29, 1.82) is 0 Å². The number of ether oxygens (including phenoxy) is 4. The van der Waals surface area contributed by atoms with Crippen LogP contribution in [0.2, 0.25) is 0 Å². The molecule has 2 aliphatic carbocycles. The number of rotatable bonds is 9. The number of aliphatic hydroxyl groups is 1. The molecule has 2 saturated heterocycles. The van der Waals surface area contributed by atoms with Gasteiger partial charge in [-0.25, -0.2) is 4.79 Å². The second-order valence-corrected chi connectivity index (χ2v) is 12.1. The number of hydrogen-bond acceptors (Lipinski definition) is 7. The fraction of sp³-hybridized carbons (Fsp3) is 0.351. The summed E-state index contributed by atoms with van der Waals surface area (Å²) in [5.41, 5.74) is 3.41. The van der Waals surface area contributed by atoms with Crippen molar-refractivity contribution in [3.8, 4) is 0 Å². The quantitative estimate of drug-likeness (QED) is 0.263. The van der Waals surface area contributed by atoms with Crippen LogP contribution in [-0.4, -0.2) is 60.7 Å². The summed E-state index contributed by atoms with van der Waals surface area (Å²) in [6.45, 7) is -0.0735. The van der Waals surface area contributed by atoms with E-state index in [4.69, 9.17) is 18.9 Å². The van der Waals surface area contributed by atoms with E-state index >= 15 is 0 Å². The van der Waals surface area contributed by atoms with Gasteiger partial charge in [-0.15, -0.1) is 0 Å². The molecular formula is C37H37NO7. The molecule has 7 rings (SSSR count). The Balaban J connectivity index is 1.12. The van der Waals surface area contributed by atoms with Crippen LogP contribution < -0.4 is 5.32 Å². The van der Waals surface area contributed by atoms with Gasteiger partial charge in [0.2, 0.25) is 11.7 Å². The van der Waals surface area contributed by atoms with Gasteiger partial charge < -0.3 is 29.4 Å². The summed E-state index contributed by atoms with van der Waals surface area (Å²) in [5.74, 6) is -1.60. The van der Waals surface area contributed by atoms with Gasteiger partial charge in [-0.05, 0) is 49.0 Å². The third-order valence-corrected chi connectivity index (χ3v) is 9.09. The zero-order valence-corrected chi connectivity index (χ0v) is 24.9. The topological polar surface area (TPSA) is 107 Å². The van der Waals surface area contributed by atoms with E-state index in [1.807, 2.05) is 72.8 Å². The Bertz CT molecular complexity index is 1530. The molecule has 8 heteroatoms. The van der Waals surface area contributed by atoms with E-state index in [0.29, 0.717) is 29.3 Å². The third-order valence-electron chi connectivity index (χ3n) is 9.09. The number of benzene rings is 3. The SMILES string of the molecule is O=C(NCCO)C1=C[C@H]2OC(c3ccccc3)(c3ccccc3)O[C@H]2[C@H](OC(=O)c2ccc(C=CC3CCC4OC4C3)cc2)C1. The molecule has 0 bridgehead atoms. The van der Waals surface area contributed by atoms with Crippen LogP contribution in [0.5, 0.6) is 0 Å². The third kappa shape index (κ3) is 6.24. The predicted molar refractivity (Wildman–Crippen MR) is 167 cm³/mol. The van der Waals surface area contributed by atoms with E-state index in [9.17, 15) is 14.7 Å². The zero-order valence-electron chi connectivity index (χ0n) is 24.9. The van der Waals surface area contributed by atoms with Crippen molar-refractivity contribution in [3.05, 3.63) is 125 Å². The highest BCUT2D eigenvalue weighted by molar-refractivity contribution is 5.94. The maximum Gasteiger partial charge on any atom is 0.338 e. The summed E-state index contributed by atoms with van der Waals surface area (Å²) in [6.07, 6.45) is 8.35. The molecule has 6 atom stereocenters. The Morgan fingerprint density at radius 3 is 2.29 bits per heavy atom. The standard InChI is InChI=1S/C37H37NO7/c39-20-19-38-35(40)27-22-32(43-36(41)26-16-13-24(14-17-26)11-12-25-15-18-30-31(21-25)42-30)34-33(23-27)44-37(45-34,28-7-3-1-4-8-28)29-9-5-2-6-10-29/h1-14,16-17,23,25,30-34,39H,15,18-22H2,(H,38,40)/t25?,30?,31?,32-,33-,34+/m1/s1. The molecule has 1 amide bonds. The number of carbonyl (C=O) groups excluding carboxylic acids is 2. The fourth-order valence-electron chi connectivity index (χ4n) is 6.67. The average Bonchev–Trinajstić information content (AvgIpc) is 3.76. The molecule has 45 heavy (non-hydrogen) atoms. The first-order valence-corrected chi connectivity index (χ1v) is 15.7. The summed E-state index contributed by atoms with van der Waals surface area (Å²) in [6, 6.07) is 26.6. The van der Waals surface area contributed by atoms with Crippen LogP contribution >= 0.6 is 0 Å². The van der Waals surface area contributed by atoms with Crippen LogP contribution in [0.25, 0.3) is 6.08 Å². The molecule has 3 fully saturated rings. The van der Waals surface area contributed by atoms with Gasteiger partial charge in [0, 0.05) is 29.7 Å². The number of nitrogens with one attached hydrogen (secondary N) is 1. The lowest BCUT2D eigenvalue weighted by molar-refractivity contribution is -0.157. The Kier molecular flexibility index (Phi) is 8.38. The largest absolute Gasteiger partial charge is 0.456 e. The van der Waals surface area contributed by atoms with Crippen molar-refractivity contribution in [2.75, 3.05) is 13.2 Å². The predicted octanol–water partition coefficient (Wildman–Crippen LogP) is 4.92. The average molecular weight is 608 g/mol. The number of amides is 1. The van der Waals surface area contributed by atoms with Gasteiger partial charge in [-0.2, -0.15) is 0 Å². The Hall–Kier alpha value is -4.08. The monoisotopic (exact) mass is 607 g/mol. The highest BCUT2D eigenvalue weighted by Gasteiger charge is 2.55. The first kappa shape index (κ1) is 29.6. The van der Waals surface area contributed by atoms with Crippen molar-refractivity contribution in [3.63, 3.8) is 0 Å². The molecule has 2 aliphatic heterocycles. The minimum atomic E-state index is -1.27. The molecule has 232 valence electrons. The molecule has 3 aromatic carbocycles. The van der Waals surface area contributed by atoms with E-state index in [1.165, 1.54) is 0 Å². The van der Waals surface area contributed by atoms with Gasteiger partial charge in [0.1, 0.15) is 18.3 Å². The van der Waals surface area contributed by atoms with Crippen molar-refractivity contribution in [2.45, 2.75) is 62.0 Å². The van der Waals surface area contributed by atoms with Crippen LogP contribution in [0.3, 0.4) is 0 Å². The molecule has 2 heterocycles. The molecule has 1 saturated carbocycles. The number of hydrogen-bond donors (Lipinski definition) is 2. The van der Waals surface area contributed by atoms with Crippen LogP contribution in [0.4, 0.5) is 0 Å². The Morgan fingerprint density at radius 2 is 1.62 bits per heavy atom. The number of aliphatic hydroxyl groups excluding tert-OH is 1. The van der Waals surface area contributed by atoms with Crippen LogP contribution in [0.15, 0.2) is 103 Å². The molecule has 0 spiro atoms. The van der Waals surface area contributed by atoms with E-state index in [0.717, 1.165) is 36.0 Å². The second kappa shape index (κ2) is 12.7. The van der Waals surface area contributed by atoms with Gasteiger partial charge in [0.15, 0.2) is 0 Å². The van der Waals surface area contributed by atoms with E-state index < -0.39 is 30.1 Å². The lowest BCUT2D eigenvalue weighted by Gasteiger charge is -2.31. The Morgan fingerprint density at radius 1 is 0.911 bits per heavy atom. The number of esters is 1. The number of allylic oxidation sites excluding steroid dienone is 1. The maximum atomic E-state index is 13.5. The highest BCUT2D eigenvalue weighted by Crippen LogP contribution is 2.47. The van der Waals surface area contributed by atoms with Gasteiger partial charge >= 0.3 is 5.97 Å². The molecule has 3 unspecified atom stereocenters. The smallest absolute Gasteiger partial charge is 0.338 e. The summed E-state index contributed by atoms with van der Waals surface area (Å²) >= 11 is 0. The zero-order chi connectivity index (χ0) is 30.8. The first-order valence-electron chi connectivity index (χ1n) is 15.7. The van der Waals surface area contributed by atoms with Crippen molar-refractivity contribution < 1.29 is 33.6 Å². The fourth-order valence-corrected chi connectivity index (χ4v) is 6.67. The minimum Gasteiger partial charge on any atom is -0.456 e. The summed E-state index contributed by atoms with van der Waals surface area (Å²) in [4.78, 5) is 26.5. The van der Waals surface area contributed by atoms with Crippen LogP contribution in [0, 0.1) is 5.92 Å². The van der Waals surface area contributed by atoms with Gasteiger partial charge in [0.25, 0.3) is 0 Å². The van der Waals surface area contributed by atoms with Crippen LogP contribution in [-0.2, 0) is 29.5 Å². The van der Waals surface area contributed by atoms with Gasteiger partial charge in [0.05, 0.1) is 24.4 Å². The second-order valence-electron chi connectivity index (χ2n) is 12.1. The van der Waals surface area contributed by atoms with E-state index in [2.05, 4.69) is 17.5 Å². The summed E-state index contributed by atoms with van der Waals surface area (Å²) in [7, 11) is 0. The van der Waals surface area contributed by atoms with Crippen LogP contribution in [0.1, 0.15) is 52.7 Å². The normalized spacial score (nSPS) is 28.1. The van der Waals surface area contributed by atoms with Crippen molar-refractivity contribution >= 4 is 18.0 Å². The molecule has 3 aromatic rings. The molecular weight excluding hydrogens is 570 g/mol. The van der Waals surface area contributed by atoms with Gasteiger partial charge in [-0.3, -0.25) is 4.79 Å². The summed E-state index contributed by atoms with van der Waals surface area (Å²) < 4.78 is 25.2. The summed E-state index contributed by atoms with van der Waals surface area (Å²) in [5, 5.41) is 12.0. The molecule has 4 aliphatic rings. The lowest BCUT2D eigenvalue weighted by atomic mass is 9.89. The van der Waals surface area contributed by atoms with E-state index in [-0.39, 0.29) is 25.5 Å². The van der Waals surface area contributed by atoms with Gasteiger partial charge in [-0.1, -0.05) is 84.9 Å². The number of epoxide rings is 1. The molecule has 8 nitrogen and oxygen atoms in total. The maximum absolute atomic E-state index is 13.5. The lowest BCUT2D eigenvalue weighted by Crippen LogP contribution is -2.43. The number of carbonyl (C=O) groups is 2. The van der Waals surface area contributed by atoms with E-state index in [1.54, 1.807) is 18.2 Å².